The highest BCUT2D eigenvalue weighted by atomic mass is 16.1. The first-order valence-electron chi connectivity index (χ1n) is 9.77. The second-order valence-corrected chi connectivity index (χ2v) is 7.07. The van der Waals surface area contributed by atoms with E-state index in [4.69, 9.17) is 0 Å². The molecule has 0 unspecified atom stereocenters. The van der Waals surface area contributed by atoms with Gasteiger partial charge in [-0.2, -0.15) is 5.10 Å². The number of carbonyl (C=O) groups is 1. The van der Waals surface area contributed by atoms with Crippen LogP contribution in [0.1, 0.15) is 10.4 Å². The van der Waals surface area contributed by atoms with Gasteiger partial charge < -0.3 is 20.2 Å². The molecular formula is C22H18N8O2. The third-order valence-electron chi connectivity index (χ3n) is 4.89. The number of pyridine rings is 1. The molecule has 1 amide bonds. The number of anilines is 3. The standard InChI is InChI=1S/C22H18N8O2/c1-29-10-3-6-17(22(29)32)27-18-7-11-30-20(28-18)16(13-25-30)21(31)26-15-5-2-4-14(12-15)19-23-8-9-24-19/h2-13H,1H3,(H,23,24)(H,26,31)(H,27,28). The van der Waals surface area contributed by atoms with Crippen molar-refractivity contribution in [3.63, 3.8) is 0 Å². The molecule has 0 aliphatic heterocycles. The third-order valence-corrected chi connectivity index (χ3v) is 4.89. The van der Waals surface area contributed by atoms with E-state index in [0.717, 1.165) is 5.56 Å². The number of H-pyrrole nitrogens is 1. The average molecular weight is 426 g/mol. The van der Waals surface area contributed by atoms with Crippen molar-refractivity contribution in [3.05, 3.63) is 89.4 Å². The summed E-state index contributed by atoms with van der Waals surface area (Å²) in [6.45, 7) is 0. The molecule has 4 heterocycles. The predicted molar refractivity (Wildman–Crippen MR) is 120 cm³/mol. The van der Waals surface area contributed by atoms with E-state index in [-0.39, 0.29) is 11.5 Å². The Bertz CT molecular complexity index is 1480. The molecule has 1 aromatic carbocycles. The van der Waals surface area contributed by atoms with Gasteiger partial charge in [-0.05, 0) is 30.3 Å². The van der Waals surface area contributed by atoms with Crippen LogP contribution in [0, 0.1) is 0 Å². The first kappa shape index (κ1) is 19.2. The normalized spacial score (nSPS) is 10.9. The van der Waals surface area contributed by atoms with Gasteiger partial charge in [0.15, 0.2) is 5.65 Å². The van der Waals surface area contributed by atoms with Crippen molar-refractivity contribution in [1.29, 1.82) is 0 Å². The maximum Gasteiger partial charge on any atom is 0.274 e. The van der Waals surface area contributed by atoms with Gasteiger partial charge in [0, 0.05) is 43.1 Å². The van der Waals surface area contributed by atoms with Gasteiger partial charge in [0.25, 0.3) is 11.5 Å². The summed E-state index contributed by atoms with van der Waals surface area (Å²) in [5.74, 6) is 0.786. The number of nitrogens with one attached hydrogen (secondary N) is 3. The summed E-state index contributed by atoms with van der Waals surface area (Å²) in [5, 5.41) is 10.1. The Morgan fingerprint density at radius 3 is 2.88 bits per heavy atom. The van der Waals surface area contributed by atoms with E-state index in [0.29, 0.717) is 34.2 Å². The van der Waals surface area contributed by atoms with Crippen molar-refractivity contribution in [2.75, 3.05) is 10.6 Å². The summed E-state index contributed by atoms with van der Waals surface area (Å²) >= 11 is 0. The van der Waals surface area contributed by atoms with Crippen LogP contribution in [-0.2, 0) is 7.05 Å². The quantitative estimate of drug-likeness (QED) is 0.397. The molecule has 3 N–H and O–H groups in total. The van der Waals surface area contributed by atoms with Crippen molar-refractivity contribution in [3.8, 4) is 11.4 Å². The van der Waals surface area contributed by atoms with Crippen molar-refractivity contribution in [2.45, 2.75) is 0 Å². The number of aromatic nitrogens is 6. The molecule has 10 nitrogen and oxygen atoms in total. The molecule has 0 aliphatic carbocycles. The van der Waals surface area contributed by atoms with Gasteiger partial charge in [0.2, 0.25) is 0 Å². The van der Waals surface area contributed by atoms with Gasteiger partial charge in [-0.15, -0.1) is 0 Å². The molecule has 5 rings (SSSR count). The Morgan fingerprint density at radius 2 is 2.03 bits per heavy atom. The zero-order valence-electron chi connectivity index (χ0n) is 17.0. The molecule has 158 valence electrons. The van der Waals surface area contributed by atoms with Crippen LogP contribution in [0.2, 0.25) is 0 Å². The minimum absolute atomic E-state index is 0.183. The van der Waals surface area contributed by atoms with Gasteiger partial charge in [-0.3, -0.25) is 9.59 Å². The number of amides is 1. The van der Waals surface area contributed by atoms with Crippen molar-refractivity contribution < 1.29 is 4.79 Å². The fourth-order valence-electron chi connectivity index (χ4n) is 3.29. The third kappa shape index (κ3) is 3.60. The predicted octanol–water partition coefficient (Wildman–Crippen LogP) is 2.81. The molecule has 4 aromatic heterocycles. The number of fused-ring (bicyclic) bond motifs is 1. The van der Waals surface area contributed by atoms with Gasteiger partial charge >= 0.3 is 0 Å². The van der Waals surface area contributed by atoms with Crippen LogP contribution < -0.4 is 16.2 Å². The summed E-state index contributed by atoms with van der Waals surface area (Å²) in [6, 6.07) is 12.5. The number of nitrogens with zero attached hydrogens (tertiary/aromatic N) is 5. The van der Waals surface area contributed by atoms with Crippen LogP contribution in [0.4, 0.5) is 17.2 Å². The van der Waals surface area contributed by atoms with E-state index in [1.165, 1.54) is 15.3 Å². The average Bonchev–Trinajstić information content (AvgIpc) is 3.47. The molecule has 0 radical (unpaired) electrons. The van der Waals surface area contributed by atoms with Gasteiger partial charge in [-0.25, -0.2) is 14.5 Å². The second kappa shape index (κ2) is 7.84. The molecule has 0 aliphatic rings. The Balaban J connectivity index is 1.42. The number of hydrogen-bond acceptors (Lipinski definition) is 6. The number of imidazole rings is 1. The van der Waals surface area contributed by atoms with Crippen LogP contribution in [0.3, 0.4) is 0 Å². The Hall–Kier alpha value is -4.73. The van der Waals surface area contributed by atoms with Crippen LogP contribution in [0.15, 0.2) is 78.2 Å². The minimum atomic E-state index is -0.350. The Kier molecular flexibility index (Phi) is 4.71. The zero-order chi connectivity index (χ0) is 22.1. The molecule has 5 aromatic rings. The number of carbonyl (C=O) groups excluding carboxylic acids is 1. The lowest BCUT2D eigenvalue weighted by molar-refractivity contribution is 0.102. The minimum Gasteiger partial charge on any atom is -0.345 e. The van der Waals surface area contributed by atoms with E-state index in [1.54, 1.807) is 56.1 Å². The monoisotopic (exact) mass is 426 g/mol. The highest BCUT2D eigenvalue weighted by Gasteiger charge is 2.16. The number of benzene rings is 1. The Labute approximate surface area is 181 Å². The number of rotatable bonds is 5. The largest absolute Gasteiger partial charge is 0.345 e. The van der Waals surface area contributed by atoms with Crippen molar-refractivity contribution in [2.24, 2.45) is 7.05 Å². The smallest absolute Gasteiger partial charge is 0.274 e. The first-order chi connectivity index (χ1) is 15.6. The molecule has 32 heavy (non-hydrogen) atoms. The van der Waals surface area contributed by atoms with Gasteiger partial charge in [-0.1, -0.05) is 12.1 Å². The van der Waals surface area contributed by atoms with Gasteiger partial charge in [0.05, 0.1) is 6.20 Å². The molecule has 0 bridgehead atoms. The highest BCUT2D eigenvalue weighted by Crippen LogP contribution is 2.21. The number of hydrogen-bond donors (Lipinski definition) is 3. The maximum absolute atomic E-state index is 13.0. The number of aromatic amines is 1. The van der Waals surface area contributed by atoms with E-state index in [1.807, 2.05) is 18.2 Å². The summed E-state index contributed by atoms with van der Waals surface area (Å²) in [6.07, 6.45) is 8.21. The summed E-state index contributed by atoms with van der Waals surface area (Å²) in [5.41, 5.74) is 2.33. The van der Waals surface area contributed by atoms with Crippen molar-refractivity contribution >= 4 is 28.7 Å². The molecule has 0 atom stereocenters. The summed E-state index contributed by atoms with van der Waals surface area (Å²) in [4.78, 5) is 37.0. The van der Waals surface area contributed by atoms with E-state index >= 15 is 0 Å². The molecule has 0 saturated carbocycles. The molecule has 0 saturated heterocycles. The Morgan fingerprint density at radius 1 is 1.12 bits per heavy atom. The van der Waals surface area contributed by atoms with Crippen LogP contribution in [0.25, 0.3) is 17.0 Å². The summed E-state index contributed by atoms with van der Waals surface area (Å²) < 4.78 is 2.97. The highest BCUT2D eigenvalue weighted by molar-refractivity contribution is 6.08. The van der Waals surface area contributed by atoms with E-state index in [2.05, 4.69) is 30.7 Å². The fourth-order valence-corrected chi connectivity index (χ4v) is 3.29. The maximum atomic E-state index is 13.0. The number of aryl methyl sites for hydroxylation is 1. The lowest BCUT2D eigenvalue weighted by Gasteiger charge is -2.08. The molecule has 0 fully saturated rings. The molecule has 10 heteroatoms. The lowest BCUT2D eigenvalue weighted by atomic mass is 10.2. The lowest BCUT2D eigenvalue weighted by Crippen LogP contribution is -2.19. The second-order valence-electron chi connectivity index (χ2n) is 7.07. The topological polar surface area (TPSA) is 122 Å². The zero-order valence-corrected chi connectivity index (χ0v) is 17.0. The summed E-state index contributed by atoms with van der Waals surface area (Å²) in [7, 11) is 1.67. The van der Waals surface area contributed by atoms with Crippen LogP contribution in [0.5, 0.6) is 0 Å². The van der Waals surface area contributed by atoms with Crippen LogP contribution in [-0.4, -0.2) is 35.0 Å². The first-order valence-corrected chi connectivity index (χ1v) is 9.77. The van der Waals surface area contributed by atoms with Crippen molar-refractivity contribution in [1.82, 2.24) is 29.1 Å². The van der Waals surface area contributed by atoms with E-state index in [9.17, 15) is 9.59 Å². The molecular weight excluding hydrogens is 408 g/mol. The SMILES string of the molecule is Cn1cccc(Nc2ccn3ncc(C(=O)Nc4cccc(-c5ncc[nH]5)c4)c3n2)c1=O. The van der Waals surface area contributed by atoms with E-state index < -0.39 is 0 Å². The molecule has 0 spiro atoms. The van der Waals surface area contributed by atoms with Crippen LogP contribution >= 0.6 is 0 Å². The fraction of sp³-hybridized carbons (Fsp3) is 0.0455. The van der Waals surface area contributed by atoms with Gasteiger partial charge in [0.1, 0.15) is 22.9 Å².